The van der Waals surface area contributed by atoms with E-state index in [0.717, 1.165) is 0 Å². The lowest BCUT2D eigenvalue weighted by Gasteiger charge is -2.03. The summed E-state index contributed by atoms with van der Waals surface area (Å²) >= 11 is 0. The van der Waals surface area contributed by atoms with Crippen LogP contribution in [-0.4, -0.2) is 35.8 Å². The molecule has 1 aromatic heterocycles. The first kappa shape index (κ1) is 12.6. The van der Waals surface area contributed by atoms with Gasteiger partial charge in [0.05, 0.1) is 13.2 Å². The first-order valence-electron chi connectivity index (χ1n) is 5.34. The maximum atomic E-state index is 11.4. The van der Waals surface area contributed by atoms with Crippen LogP contribution in [0.4, 0.5) is 0 Å². The molecule has 88 valence electrons. The standard InChI is InChI=1S/C11H16N2O3/c1-3-15-8-6-10-12-7-5-9(13-10)11(14)16-4-2/h5,7H,3-4,6,8H2,1-2H3. The molecule has 16 heavy (non-hydrogen) atoms. The van der Waals surface area contributed by atoms with Crippen molar-refractivity contribution in [1.82, 2.24) is 9.97 Å². The Bertz CT molecular complexity index is 342. The monoisotopic (exact) mass is 224 g/mol. The maximum absolute atomic E-state index is 11.4. The SMILES string of the molecule is CCOCCc1nccc(C(=O)OCC)n1. The molecule has 0 atom stereocenters. The maximum Gasteiger partial charge on any atom is 0.357 e. The van der Waals surface area contributed by atoms with Crippen molar-refractivity contribution in [2.24, 2.45) is 0 Å². The Labute approximate surface area is 94.8 Å². The first-order chi connectivity index (χ1) is 7.77. The molecule has 0 aliphatic heterocycles. The van der Waals surface area contributed by atoms with E-state index in [1.165, 1.54) is 0 Å². The second-order valence-corrected chi connectivity index (χ2v) is 3.03. The fraction of sp³-hybridized carbons (Fsp3) is 0.545. The Morgan fingerprint density at radius 2 is 2.19 bits per heavy atom. The zero-order valence-electron chi connectivity index (χ0n) is 9.60. The summed E-state index contributed by atoms with van der Waals surface area (Å²) in [6, 6.07) is 1.54. The summed E-state index contributed by atoms with van der Waals surface area (Å²) in [6.07, 6.45) is 2.15. The molecule has 0 bridgehead atoms. The zero-order valence-corrected chi connectivity index (χ0v) is 9.60. The number of ether oxygens (including phenoxy) is 2. The van der Waals surface area contributed by atoms with E-state index in [9.17, 15) is 4.79 Å². The lowest BCUT2D eigenvalue weighted by atomic mass is 10.3. The van der Waals surface area contributed by atoms with E-state index >= 15 is 0 Å². The highest BCUT2D eigenvalue weighted by Gasteiger charge is 2.08. The lowest BCUT2D eigenvalue weighted by Crippen LogP contribution is -2.10. The molecular weight excluding hydrogens is 208 g/mol. The van der Waals surface area contributed by atoms with Crippen molar-refractivity contribution in [2.45, 2.75) is 20.3 Å². The van der Waals surface area contributed by atoms with Crippen LogP contribution in [0.3, 0.4) is 0 Å². The molecule has 0 fully saturated rings. The van der Waals surface area contributed by atoms with Crippen molar-refractivity contribution in [3.63, 3.8) is 0 Å². The van der Waals surface area contributed by atoms with Gasteiger partial charge in [-0.2, -0.15) is 0 Å². The van der Waals surface area contributed by atoms with Gasteiger partial charge in [0.1, 0.15) is 5.82 Å². The number of hydrogen-bond donors (Lipinski definition) is 0. The molecule has 0 N–H and O–H groups in total. The van der Waals surface area contributed by atoms with Gasteiger partial charge in [-0.1, -0.05) is 0 Å². The molecule has 0 spiro atoms. The normalized spacial score (nSPS) is 10.1. The Morgan fingerprint density at radius 3 is 2.88 bits per heavy atom. The number of carbonyl (C=O) groups excluding carboxylic acids is 1. The van der Waals surface area contributed by atoms with Gasteiger partial charge in [-0.05, 0) is 19.9 Å². The summed E-state index contributed by atoms with van der Waals surface area (Å²) in [5, 5.41) is 0. The van der Waals surface area contributed by atoms with Crippen molar-refractivity contribution in [1.29, 1.82) is 0 Å². The van der Waals surface area contributed by atoms with E-state index in [0.29, 0.717) is 37.8 Å². The molecule has 0 aliphatic carbocycles. The van der Waals surface area contributed by atoms with E-state index < -0.39 is 5.97 Å². The van der Waals surface area contributed by atoms with Gasteiger partial charge in [0.15, 0.2) is 5.69 Å². The second kappa shape index (κ2) is 6.90. The van der Waals surface area contributed by atoms with E-state index in [-0.39, 0.29) is 0 Å². The highest BCUT2D eigenvalue weighted by Crippen LogP contribution is 1.99. The Morgan fingerprint density at radius 1 is 1.38 bits per heavy atom. The van der Waals surface area contributed by atoms with Crippen molar-refractivity contribution in [3.8, 4) is 0 Å². The minimum absolute atomic E-state index is 0.295. The summed E-state index contributed by atoms with van der Waals surface area (Å²) in [5.41, 5.74) is 0.295. The smallest absolute Gasteiger partial charge is 0.357 e. The molecular formula is C11H16N2O3. The van der Waals surface area contributed by atoms with Crippen molar-refractivity contribution >= 4 is 5.97 Å². The topological polar surface area (TPSA) is 61.3 Å². The largest absolute Gasteiger partial charge is 0.461 e. The zero-order chi connectivity index (χ0) is 11.8. The third-order valence-electron chi connectivity index (χ3n) is 1.86. The van der Waals surface area contributed by atoms with E-state index in [1.54, 1.807) is 19.2 Å². The predicted octanol–water partition coefficient (Wildman–Crippen LogP) is 1.23. The van der Waals surface area contributed by atoms with Crippen LogP contribution in [0.15, 0.2) is 12.3 Å². The van der Waals surface area contributed by atoms with Crippen LogP contribution < -0.4 is 0 Å². The van der Waals surface area contributed by atoms with Crippen LogP contribution >= 0.6 is 0 Å². The third-order valence-corrected chi connectivity index (χ3v) is 1.86. The Balaban J connectivity index is 2.60. The van der Waals surface area contributed by atoms with Crippen LogP contribution in [-0.2, 0) is 15.9 Å². The quantitative estimate of drug-likeness (QED) is 0.537. The number of esters is 1. The average molecular weight is 224 g/mol. The first-order valence-corrected chi connectivity index (χ1v) is 5.34. The number of nitrogens with zero attached hydrogens (tertiary/aromatic N) is 2. The molecule has 5 nitrogen and oxygen atoms in total. The van der Waals surface area contributed by atoms with Gasteiger partial charge < -0.3 is 9.47 Å². The molecule has 0 saturated heterocycles. The number of rotatable bonds is 6. The third kappa shape index (κ3) is 3.94. The van der Waals surface area contributed by atoms with Gasteiger partial charge in [0.2, 0.25) is 0 Å². The molecule has 0 saturated carbocycles. The minimum Gasteiger partial charge on any atom is -0.461 e. The fourth-order valence-corrected chi connectivity index (χ4v) is 1.15. The van der Waals surface area contributed by atoms with Crippen LogP contribution in [0.2, 0.25) is 0 Å². The van der Waals surface area contributed by atoms with Crippen LogP contribution in [0.25, 0.3) is 0 Å². The van der Waals surface area contributed by atoms with Crippen LogP contribution in [0, 0.1) is 0 Å². The summed E-state index contributed by atoms with van der Waals surface area (Å²) < 4.78 is 10.0. The average Bonchev–Trinajstić information content (AvgIpc) is 2.30. The van der Waals surface area contributed by atoms with Crippen LogP contribution in [0.1, 0.15) is 30.2 Å². The number of aromatic nitrogens is 2. The Kier molecular flexibility index (Phi) is 5.42. The highest BCUT2D eigenvalue weighted by molar-refractivity contribution is 5.87. The molecule has 5 heteroatoms. The van der Waals surface area contributed by atoms with Gasteiger partial charge in [-0.25, -0.2) is 14.8 Å². The van der Waals surface area contributed by atoms with E-state index in [4.69, 9.17) is 9.47 Å². The van der Waals surface area contributed by atoms with Gasteiger partial charge in [-0.15, -0.1) is 0 Å². The molecule has 0 amide bonds. The molecule has 0 aromatic carbocycles. The molecule has 0 unspecified atom stereocenters. The summed E-state index contributed by atoms with van der Waals surface area (Å²) in [5.74, 6) is 0.182. The Hall–Kier alpha value is -1.49. The van der Waals surface area contributed by atoms with Gasteiger partial charge in [0.25, 0.3) is 0 Å². The van der Waals surface area contributed by atoms with Crippen molar-refractivity contribution in [3.05, 3.63) is 23.8 Å². The van der Waals surface area contributed by atoms with Gasteiger partial charge >= 0.3 is 5.97 Å². The highest BCUT2D eigenvalue weighted by atomic mass is 16.5. The summed E-state index contributed by atoms with van der Waals surface area (Å²) in [7, 11) is 0. The van der Waals surface area contributed by atoms with Crippen molar-refractivity contribution < 1.29 is 14.3 Å². The van der Waals surface area contributed by atoms with E-state index in [1.807, 2.05) is 6.92 Å². The van der Waals surface area contributed by atoms with Gasteiger partial charge in [-0.3, -0.25) is 0 Å². The summed E-state index contributed by atoms with van der Waals surface area (Å²) in [6.45, 7) is 5.25. The van der Waals surface area contributed by atoms with Gasteiger partial charge in [0, 0.05) is 19.2 Å². The number of hydrogen-bond acceptors (Lipinski definition) is 5. The molecule has 0 aliphatic rings. The van der Waals surface area contributed by atoms with E-state index in [2.05, 4.69) is 9.97 Å². The minimum atomic E-state index is -0.414. The number of carbonyl (C=O) groups is 1. The molecule has 1 rings (SSSR count). The predicted molar refractivity (Wildman–Crippen MR) is 58.2 cm³/mol. The fourth-order valence-electron chi connectivity index (χ4n) is 1.15. The molecule has 1 heterocycles. The lowest BCUT2D eigenvalue weighted by molar-refractivity contribution is 0.0518. The van der Waals surface area contributed by atoms with Crippen LogP contribution in [0.5, 0.6) is 0 Å². The molecule has 0 radical (unpaired) electrons. The summed E-state index contributed by atoms with van der Waals surface area (Å²) in [4.78, 5) is 19.5. The second-order valence-electron chi connectivity index (χ2n) is 3.03. The van der Waals surface area contributed by atoms with Crippen molar-refractivity contribution in [2.75, 3.05) is 19.8 Å². The molecule has 1 aromatic rings.